The van der Waals surface area contributed by atoms with Crippen molar-refractivity contribution in [2.45, 2.75) is 42.7 Å². The second kappa shape index (κ2) is 5.24. The molecule has 0 radical (unpaired) electrons. The Bertz CT molecular complexity index is 508. The first-order valence-electron chi connectivity index (χ1n) is 6.04. The van der Waals surface area contributed by atoms with Crippen molar-refractivity contribution < 1.29 is 13.2 Å². The maximum atomic E-state index is 11.6. The number of sulfone groups is 1. The molecule has 0 saturated heterocycles. The summed E-state index contributed by atoms with van der Waals surface area (Å²) in [6.07, 6.45) is 6.23. The van der Waals surface area contributed by atoms with Crippen molar-refractivity contribution in [1.82, 2.24) is 4.98 Å². The minimum Gasteiger partial charge on any atom is -0.473 e. The highest BCUT2D eigenvalue weighted by Gasteiger charge is 2.23. The molecule has 2 N–H and O–H groups in total. The lowest BCUT2D eigenvalue weighted by atomic mass is 9.94. The topological polar surface area (TPSA) is 82.3 Å². The molecule has 0 aliphatic heterocycles. The lowest BCUT2D eigenvalue weighted by molar-refractivity contribution is 0.137. The molecule has 18 heavy (non-hydrogen) atoms. The number of nitrogens with zero attached hydrogens (tertiary/aromatic N) is 1. The van der Waals surface area contributed by atoms with E-state index < -0.39 is 9.84 Å². The van der Waals surface area contributed by atoms with Gasteiger partial charge in [0, 0.05) is 18.5 Å². The predicted molar refractivity (Wildman–Crippen MR) is 68.2 cm³/mol. The van der Waals surface area contributed by atoms with Crippen LogP contribution in [0.25, 0.3) is 0 Å². The number of rotatable bonds is 3. The summed E-state index contributed by atoms with van der Waals surface area (Å²) in [6.45, 7) is 0. The minimum atomic E-state index is -3.31. The van der Waals surface area contributed by atoms with E-state index in [-0.39, 0.29) is 22.9 Å². The molecule has 5 nitrogen and oxygen atoms in total. The lowest BCUT2D eigenvalue weighted by Crippen LogP contribution is -2.32. The molecule has 0 aromatic carbocycles. The molecule has 1 heterocycles. The fraction of sp³-hybridized carbons (Fsp3) is 0.583. The molecule has 0 unspecified atom stereocenters. The van der Waals surface area contributed by atoms with Crippen LogP contribution in [0.1, 0.15) is 25.7 Å². The summed E-state index contributed by atoms with van der Waals surface area (Å²) in [4.78, 5) is 4.18. The van der Waals surface area contributed by atoms with E-state index >= 15 is 0 Å². The van der Waals surface area contributed by atoms with Gasteiger partial charge in [0.25, 0.3) is 0 Å². The van der Waals surface area contributed by atoms with Crippen molar-refractivity contribution in [3.63, 3.8) is 0 Å². The van der Waals surface area contributed by atoms with Crippen LogP contribution in [-0.4, -0.2) is 31.8 Å². The summed E-state index contributed by atoms with van der Waals surface area (Å²) in [5, 5.41) is 0. The van der Waals surface area contributed by atoms with Gasteiger partial charge < -0.3 is 10.5 Å². The van der Waals surface area contributed by atoms with Crippen molar-refractivity contribution >= 4 is 9.84 Å². The molecule has 1 saturated carbocycles. The maximum Gasteiger partial charge on any atom is 0.232 e. The summed E-state index contributed by atoms with van der Waals surface area (Å²) < 4.78 is 28.9. The minimum absolute atomic E-state index is 0.0141. The molecule has 2 rings (SSSR count). The van der Waals surface area contributed by atoms with Gasteiger partial charge in [-0.2, -0.15) is 0 Å². The smallest absolute Gasteiger partial charge is 0.232 e. The molecule has 0 atom stereocenters. The van der Waals surface area contributed by atoms with Gasteiger partial charge >= 0.3 is 0 Å². The molecule has 0 amide bonds. The van der Waals surface area contributed by atoms with Crippen molar-refractivity contribution in [2.24, 2.45) is 5.73 Å². The van der Waals surface area contributed by atoms with Crippen LogP contribution in [0, 0.1) is 0 Å². The summed E-state index contributed by atoms with van der Waals surface area (Å²) in [5.41, 5.74) is 5.82. The maximum absolute atomic E-state index is 11.6. The molecule has 1 aliphatic rings. The molecule has 1 aliphatic carbocycles. The molecule has 100 valence electrons. The molecule has 1 fully saturated rings. The number of aromatic nitrogens is 1. The fourth-order valence-corrected chi connectivity index (χ4v) is 2.85. The van der Waals surface area contributed by atoms with Crippen molar-refractivity contribution in [3.05, 3.63) is 18.3 Å². The van der Waals surface area contributed by atoms with Gasteiger partial charge in [-0.1, -0.05) is 0 Å². The highest BCUT2D eigenvalue weighted by Crippen LogP contribution is 2.26. The number of nitrogens with two attached hydrogens (primary N) is 1. The van der Waals surface area contributed by atoms with E-state index in [1.54, 1.807) is 12.3 Å². The molecular weight excluding hydrogens is 252 g/mol. The van der Waals surface area contributed by atoms with Crippen molar-refractivity contribution in [3.8, 4) is 5.88 Å². The zero-order chi connectivity index (χ0) is 13.2. The van der Waals surface area contributed by atoms with Crippen LogP contribution in [0.5, 0.6) is 5.88 Å². The van der Waals surface area contributed by atoms with Gasteiger partial charge in [-0.3, -0.25) is 0 Å². The Morgan fingerprint density at radius 2 is 2.00 bits per heavy atom. The van der Waals surface area contributed by atoms with E-state index in [1.165, 1.54) is 6.07 Å². The molecule has 0 spiro atoms. The number of hydrogen-bond acceptors (Lipinski definition) is 5. The Kier molecular flexibility index (Phi) is 3.87. The van der Waals surface area contributed by atoms with Crippen molar-refractivity contribution in [1.29, 1.82) is 0 Å². The summed E-state index contributed by atoms with van der Waals surface area (Å²) in [6, 6.07) is 3.36. The van der Waals surface area contributed by atoms with Crippen LogP contribution in [-0.2, 0) is 9.84 Å². The summed E-state index contributed by atoms with van der Waals surface area (Å²) >= 11 is 0. The zero-order valence-corrected chi connectivity index (χ0v) is 11.2. The third-order valence-electron chi connectivity index (χ3n) is 3.13. The monoisotopic (exact) mass is 270 g/mol. The SMILES string of the molecule is CS(=O)(=O)c1cccnc1OC1CCC(N)CC1. The Morgan fingerprint density at radius 1 is 1.33 bits per heavy atom. The summed E-state index contributed by atoms with van der Waals surface area (Å²) in [5.74, 6) is 0.209. The van der Waals surface area contributed by atoms with Gasteiger partial charge in [0.15, 0.2) is 9.84 Å². The number of hydrogen-bond donors (Lipinski definition) is 1. The Morgan fingerprint density at radius 3 is 2.61 bits per heavy atom. The van der Waals surface area contributed by atoms with E-state index in [0.717, 1.165) is 31.9 Å². The molecule has 1 aromatic rings. The average molecular weight is 270 g/mol. The number of ether oxygens (including phenoxy) is 1. The Hall–Kier alpha value is -1.14. The van der Waals surface area contributed by atoms with E-state index in [0.29, 0.717) is 0 Å². The molecule has 6 heteroatoms. The van der Waals surface area contributed by atoms with E-state index in [4.69, 9.17) is 10.5 Å². The van der Waals surface area contributed by atoms with E-state index in [2.05, 4.69) is 4.98 Å². The Balaban J connectivity index is 2.15. The molecule has 1 aromatic heterocycles. The summed E-state index contributed by atoms with van der Waals surface area (Å²) in [7, 11) is -3.31. The first-order chi connectivity index (χ1) is 8.47. The van der Waals surface area contributed by atoms with Gasteiger partial charge in [0.1, 0.15) is 11.0 Å². The quantitative estimate of drug-likeness (QED) is 0.890. The lowest BCUT2D eigenvalue weighted by Gasteiger charge is -2.26. The van der Waals surface area contributed by atoms with Crippen LogP contribution >= 0.6 is 0 Å². The second-order valence-electron chi connectivity index (χ2n) is 4.73. The highest BCUT2D eigenvalue weighted by atomic mass is 32.2. The van der Waals surface area contributed by atoms with Gasteiger partial charge in [-0.25, -0.2) is 13.4 Å². The predicted octanol–water partition coefficient (Wildman–Crippen LogP) is 1.13. The molecular formula is C12H18N2O3S. The standard InChI is InChI=1S/C12H18N2O3S/c1-18(15,16)11-3-2-8-14-12(11)17-10-6-4-9(13)5-7-10/h2-3,8-10H,4-7,13H2,1H3. The van der Waals surface area contributed by atoms with E-state index in [9.17, 15) is 8.42 Å². The first-order valence-corrected chi connectivity index (χ1v) is 7.93. The third kappa shape index (κ3) is 3.20. The fourth-order valence-electron chi connectivity index (χ4n) is 2.11. The number of pyridine rings is 1. The Labute approximate surface area is 107 Å². The van der Waals surface area contributed by atoms with Crippen molar-refractivity contribution in [2.75, 3.05) is 6.26 Å². The van der Waals surface area contributed by atoms with E-state index in [1.807, 2.05) is 0 Å². The first kappa shape index (κ1) is 13.3. The normalized spacial score (nSPS) is 24.8. The van der Waals surface area contributed by atoms with Gasteiger partial charge in [-0.15, -0.1) is 0 Å². The zero-order valence-electron chi connectivity index (χ0n) is 10.4. The second-order valence-corrected chi connectivity index (χ2v) is 6.72. The van der Waals surface area contributed by atoms with Gasteiger partial charge in [-0.05, 0) is 37.8 Å². The van der Waals surface area contributed by atoms with Crippen LogP contribution < -0.4 is 10.5 Å². The average Bonchev–Trinajstić information content (AvgIpc) is 2.31. The third-order valence-corrected chi connectivity index (χ3v) is 4.24. The molecule has 0 bridgehead atoms. The van der Waals surface area contributed by atoms with Crippen LogP contribution in [0.4, 0.5) is 0 Å². The van der Waals surface area contributed by atoms with Crippen LogP contribution in [0.15, 0.2) is 23.2 Å². The van der Waals surface area contributed by atoms with Gasteiger partial charge in [0.05, 0.1) is 0 Å². The highest BCUT2D eigenvalue weighted by molar-refractivity contribution is 7.90. The van der Waals surface area contributed by atoms with Crippen LogP contribution in [0.2, 0.25) is 0 Å². The van der Waals surface area contributed by atoms with Crippen LogP contribution in [0.3, 0.4) is 0 Å². The largest absolute Gasteiger partial charge is 0.473 e. The van der Waals surface area contributed by atoms with Gasteiger partial charge in [0.2, 0.25) is 5.88 Å².